The van der Waals surface area contributed by atoms with Gasteiger partial charge in [0.05, 0.1) is 5.41 Å². The second-order valence-electron chi connectivity index (χ2n) is 17.1. The predicted molar refractivity (Wildman–Crippen MR) is 265 cm³/mol. The highest BCUT2D eigenvalue weighted by Crippen LogP contribution is 2.63. The first kappa shape index (κ1) is 37.0. The van der Waals surface area contributed by atoms with Gasteiger partial charge in [-0.1, -0.05) is 212 Å². The number of hydrogen-bond acceptors (Lipinski definition) is 0. The summed E-state index contributed by atoms with van der Waals surface area (Å²) in [4.78, 5) is 0. The second-order valence-corrected chi connectivity index (χ2v) is 17.1. The van der Waals surface area contributed by atoms with Crippen LogP contribution in [0.1, 0.15) is 52.3 Å². The molecule has 0 saturated carbocycles. The summed E-state index contributed by atoms with van der Waals surface area (Å²) in [6, 6.07) is 83.2. The van der Waals surface area contributed by atoms with Gasteiger partial charge in [0.2, 0.25) is 0 Å². The van der Waals surface area contributed by atoms with Crippen LogP contribution in [0, 0.1) is 0 Å². The van der Waals surface area contributed by atoms with Crippen LogP contribution in [0.4, 0.5) is 0 Å². The topological polar surface area (TPSA) is 0 Å². The van der Waals surface area contributed by atoms with Gasteiger partial charge in [-0.05, 0) is 154 Å². The van der Waals surface area contributed by atoms with Crippen molar-refractivity contribution in [3.63, 3.8) is 0 Å². The molecule has 0 N–H and O–H groups in total. The third-order valence-electron chi connectivity index (χ3n) is 13.8. The lowest BCUT2D eigenvalue weighted by molar-refractivity contribution is 0.794. The van der Waals surface area contributed by atoms with Crippen LogP contribution >= 0.6 is 0 Å². The average molecular weight is 801 g/mol. The Labute approximate surface area is 370 Å². The summed E-state index contributed by atoms with van der Waals surface area (Å²) in [6.07, 6.45) is 5.69. The summed E-state index contributed by atoms with van der Waals surface area (Å²) in [5.74, 6) is 0. The first-order chi connectivity index (χ1) is 31.2. The van der Waals surface area contributed by atoms with E-state index >= 15 is 0 Å². The molecule has 0 bridgehead atoms. The molecule has 296 valence electrons. The summed E-state index contributed by atoms with van der Waals surface area (Å²) in [5, 5.41) is 0. The van der Waals surface area contributed by atoms with Gasteiger partial charge in [-0.15, -0.1) is 0 Å². The van der Waals surface area contributed by atoms with Crippen LogP contribution in [0.15, 0.2) is 242 Å². The number of hydrogen-bond donors (Lipinski definition) is 0. The van der Waals surface area contributed by atoms with Gasteiger partial charge in [0.1, 0.15) is 0 Å². The van der Waals surface area contributed by atoms with E-state index in [-0.39, 0.29) is 0 Å². The average Bonchev–Trinajstić information content (AvgIpc) is 3.75. The highest BCUT2D eigenvalue weighted by atomic mass is 14.5. The minimum atomic E-state index is -0.394. The normalized spacial score (nSPS) is 14.3. The molecule has 0 heteroatoms. The van der Waals surface area contributed by atoms with Crippen LogP contribution in [-0.2, 0) is 5.41 Å². The third-order valence-corrected chi connectivity index (χ3v) is 13.8. The molecule has 63 heavy (non-hydrogen) atoms. The summed E-state index contributed by atoms with van der Waals surface area (Å²) in [7, 11) is 0. The van der Waals surface area contributed by atoms with Crippen molar-refractivity contribution in [2.75, 3.05) is 0 Å². The maximum atomic E-state index is 2.51. The molecule has 0 radical (unpaired) electrons. The zero-order valence-corrected chi connectivity index (χ0v) is 35.2. The largest absolute Gasteiger partial charge is 0.0725 e. The molecule has 0 amide bonds. The second kappa shape index (κ2) is 15.0. The maximum Gasteiger partial charge on any atom is 0.0725 e. The van der Waals surface area contributed by atoms with E-state index in [0.717, 1.165) is 6.42 Å². The van der Waals surface area contributed by atoms with Gasteiger partial charge in [0.15, 0.2) is 0 Å². The van der Waals surface area contributed by atoms with E-state index in [1.807, 2.05) is 0 Å². The Morgan fingerprint density at radius 3 is 1.44 bits per heavy atom. The maximum absolute atomic E-state index is 2.51. The van der Waals surface area contributed by atoms with E-state index in [4.69, 9.17) is 0 Å². The molecule has 0 aromatic heterocycles. The van der Waals surface area contributed by atoms with Crippen LogP contribution in [0.2, 0.25) is 0 Å². The molecule has 0 unspecified atom stereocenters. The zero-order valence-electron chi connectivity index (χ0n) is 35.2. The van der Waals surface area contributed by atoms with Crippen LogP contribution in [0.3, 0.4) is 0 Å². The van der Waals surface area contributed by atoms with Crippen LogP contribution in [0.5, 0.6) is 0 Å². The molecule has 0 fully saturated rings. The molecule has 0 atom stereocenters. The van der Waals surface area contributed by atoms with E-state index < -0.39 is 5.41 Å². The van der Waals surface area contributed by atoms with Gasteiger partial charge in [0.25, 0.3) is 0 Å². The molecule has 1 spiro atoms. The van der Waals surface area contributed by atoms with Crippen molar-refractivity contribution in [3.05, 3.63) is 281 Å². The highest BCUT2D eigenvalue weighted by Gasteiger charge is 2.51. The number of rotatable bonds is 6. The Hall–Kier alpha value is -7.80. The van der Waals surface area contributed by atoms with Crippen LogP contribution in [-0.4, -0.2) is 0 Å². The first-order valence-corrected chi connectivity index (χ1v) is 22.1. The molecule has 12 rings (SSSR count). The number of fused-ring (bicyclic) bond motifs is 10. The van der Waals surface area contributed by atoms with E-state index in [0.29, 0.717) is 0 Å². The highest BCUT2D eigenvalue weighted by molar-refractivity contribution is 6.00. The zero-order chi connectivity index (χ0) is 41.9. The quantitative estimate of drug-likeness (QED) is 0.157. The Morgan fingerprint density at radius 2 is 0.810 bits per heavy atom. The van der Waals surface area contributed by atoms with Crippen molar-refractivity contribution in [1.82, 2.24) is 0 Å². The molecule has 9 aromatic carbocycles. The number of benzene rings is 9. The fourth-order valence-electron chi connectivity index (χ4n) is 10.9. The van der Waals surface area contributed by atoms with Gasteiger partial charge < -0.3 is 0 Å². The van der Waals surface area contributed by atoms with Gasteiger partial charge in [-0.2, -0.15) is 0 Å². The molecular weight excluding hydrogens is 757 g/mol. The molecule has 0 heterocycles. The lowest BCUT2D eigenvalue weighted by Crippen LogP contribution is -2.25. The minimum absolute atomic E-state index is 0.394. The molecule has 3 aliphatic carbocycles. The number of allylic oxidation sites excluding steroid dienone is 6. The molecule has 9 aromatic rings. The van der Waals surface area contributed by atoms with E-state index in [1.54, 1.807) is 0 Å². The van der Waals surface area contributed by atoms with Gasteiger partial charge in [-0.25, -0.2) is 0 Å². The monoisotopic (exact) mass is 800 g/mol. The minimum Gasteiger partial charge on any atom is -0.0722 e. The fourth-order valence-corrected chi connectivity index (χ4v) is 10.9. The lowest BCUT2D eigenvalue weighted by atomic mass is 9.70. The summed E-state index contributed by atoms with van der Waals surface area (Å²) in [6.45, 7) is 2.30. The smallest absolute Gasteiger partial charge is 0.0722 e. The van der Waals surface area contributed by atoms with Crippen molar-refractivity contribution >= 4 is 16.7 Å². The fraction of sp³-hybridized carbons (Fsp3) is 0.0476. The predicted octanol–water partition coefficient (Wildman–Crippen LogP) is 16.4. The Morgan fingerprint density at radius 1 is 0.317 bits per heavy atom. The van der Waals surface area contributed by atoms with E-state index in [2.05, 4.69) is 244 Å². The SMILES string of the molecule is CC1=C(c2cccc(-c3ccccc3)c2)CC=C(c2ccc(-c3ccc4c(c3)C3(c5ccccc5-c5ccccc53)c3ccccc3-4)c(-c3ccccc3)c2)C=C1c1ccccc1. The van der Waals surface area contributed by atoms with Crippen molar-refractivity contribution < 1.29 is 0 Å². The Balaban J connectivity index is 1.02. The van der Waals surface area contributed by atoms with Crippen LogP contribution < -0.4 is 0 Å². The summed E-state index contributed by atoms with van der Waals surface area (Å²) < 4.78 is 0. The standard InChI is InChI=1S/C63H44/c1-42-51(49-25-17-24-46(38-49)43-18-5-2-6-19-43)35-32-47(39-57(42)44-20-7-3-8-21-44)48-33-36-52(58(40-48)45-22-9-4-10-23-45)50-34-37-56-55-28-13-16-31-61(55)63(62(56)41-50)59-29-14-11-26-53(59)54-27-12-15-30-60(54)63/h2-34,36-41H,35H2,1H3. The van der Waals surface area contributed by atoms with Crippen molar-refractivity contribution in [2.45, 2.75) is 18.8 Å². The molecule has 0 saturated heterocycles. The first-order valence-electron chi connectivity index (χ1n) is 22.1. The van der Waals surface area contributed by atoms with Crippen LogP contribution in [0.25, 0.3) is 72.4 Å². The van der Waals surface area contributed by atoms with Gasteiger partial charge in [-0.3, -0.25) is 0 Å². The molecule has 0 aliphatic heterocycles. The van der Waals surface area contributed by atoms with E-state index in [9.17, 15) is 0 Å². The molecular formula is C63H44. The third kappa shape index (κ3) is 5.90. The van der Waals surface area contributed by atoms with Crippen molar-refractivity contribution in [1.29, 1.82) is 0 Å². The molecule has 3 aliphatic rings. The van der Waals surface area contributed by atoms with Gasteiger partial charge in [0, 0.05) is 0 Å². The Bertz CT molecular complexity index is 3280. The Kier molecular flexibility index (Phi) is 8.80. The summed E-state index contributed by atoms with van der Waals surface area (Å²) >= 11 is 0. The molecule has 0 nitrogen and oxygen atoms in total. The van der Waals surface area contributed by atoms with Crippen molar-refractivity contribution in [3.8, 4) is 55.6 Å². The lowest BCUT2D eigenvalue weighted by Gasteiger charge is -2.30. The van der Waals surface area contributed by atoms with E-state index in [1.165, 1.54) is 117 Å². The van der Waals surface area contributed by atoms with Gasteiger partial charge >= 0.3 is 0 Å². The summed E-state index contributed by atoms with van der Waals surface area (Å²) in [5.41, 5.74) is 26.5. The van der Waals surface area contributed by atoms with Crippen molar-refractivity contribution in [2.24, 2.45) is 0 Å².